The van der Waals surface area contributed by atoms with Gasteiger partial charge >= 0.3 is 0 Å². The molecule has 0 fully saturated rings. The van der Waals surface area contributed by atoms with Crippen LogP contribution in [0.25, 0.3) is 10.7 Å². The summed E-state index contributed by atoms with van der Waals surface area (Å²) in [6.07, 6.45) is 5.02. The van der Waals surface area contributed by atoms with E-state index in [1.165, 1.54) is 16.1 Å². The first-order chi connectivity index (χ1) is 10.2. The Hall–Kier alpha value is -1.26. The Morgan fingerprint density at radius 3 is 2.76 bits per heavy atom. The number of hydrogen-bond acceptors (Lipinski definition) is 4. The van der Waals surface area contributed by atoms with E-state index >= 15 is 0 Å². The van der Waals surface area contributed by atoms with Crippen LogP contribution >= 0.6 is 11.3 Å². The van der Waals surface area contributed by atoms with Crippen LogP contribution in [0, 0.1) is 0 Å². The molecule has 0 aliphatic rings. The van der Waals surface area contributed by atoms with Gasteiger partial charge in [0.05, 0.1) is 5.69 Å². The summed E-state index contributed by atoms with van der Waals surface area (Å²) in [6.45, 7) is 9.63. The topological polar surface area (TPSA) is 37.8 Å². The quantitative estimate of drug-likeness (QED) is 0.832. The molecule has 0 aromatic carbocycles. The van der Waals surface area contributed by atoms with E-state index in [2.05, 4.69) is 44.1 Å². The lowest BCUT2D eigenvalue weighted by atomic mass is 10.1. The number of thiazole rings is 1. The second-order valence-corrected chi connectivity index (χ2v) is 6.62. The average molecular weight is 303 g/mol. The Labute approximate surface area is 131 Å². The molecule has 0 saturated carbocycles. The Bertz CT molecular complexity index is 575. The van der Waals surface area contributed by atoms with E-state index in [0.29, 0.717) is 6.04 Å². The van der Waals surface area contributed by atoms with Crippen LogP contribution in [-0.2, 0) is 19.4 Å². The highest BCUT2D eigenvalue weighted by atomic mass is 32.1. The first-order valence-corrected chi connectivity index (χ1v) is 8.63. The molecule has 0 aliphatic heterocycles. The highest BCUT2D eigenvalue weighted by Crippen LogP contribution is 2.30. The van der Waals surface area contributed by atoms with Crippen molar-refractivity contribution in [3.63, 3.8) is 0 Å². The first kappa shape index (κ1) is 16.1. The number of nitrogens with one attached hydrogen (secondary N) is 1. The van der Waals surface area contributed by atoms with Gasteiger partial charge in [-0.15, -0.1) is 11.3 Å². The van der Waals surface area contributed by atoms with Crippen molar-refractivity contribution in [3.05, 3.63) is 34.5 Å². The summed E-state index contributed by atoms with van der Waals surface area (Å²) >= 11 is 1.79. The molecule has 0 aliphatic carbocycles. The maximum Gasteiger partial charge on any atom is 0.142 e. The second-order valence-electron chi connectivity index (χ2n) is 5.54. The van der Waals surface area contributed by atoms with Crippen molar-refractivity contribution < 1.29 is 0 Å². The molecular formula is C17H25N3S. The molecule has 1 N–H and O–H groups in total. The minimum Gasteiger partial charge on any atom is -0.310 e. The van der Waals surface area contributed by atoms with Crippen molar-refractivity contribution in [2.24, 2.45) is 0 Å². The lowest BCUT2D eigenvalue weighted by Crippen LogP contribution is -2.21. The third-order valence-electron chi connectivity index (χ3n) is 3.41. The third-order valence-corrected chi connectivity index (χ3v) is 4.52. The zero-order valence-corrected chi connectivity index (χ0v) is 14.3. The van der Waals surface area contributed by atoms with Gasteiger partial charge in [0.15, 0.2) is 0 Å². The van der Waals surface area contributed by atoms with E-state index in [0.717, 1.165) is 36.5 Å². The van der Waals surface area contributed by atoms with Gasteiger partial charge in [0.2, 0.25) is 0 Å². The van der Waals surface area contributed by atoms with Crippen molar-refractivity contribution in [3.8, 4) is 10.7 Å². The van der Waals surface area contributed by atoms with Gasteiger partial charge in [-0.3, -0.25) is 4.98 Å². The lowest BCUT2D eigenvalue weighted by molar-refractivity contribution is 0.589. The average Bonchev–Trinajstić information content (AvgIpc) is 2.88. The summed E-state index contributed by atoms with van der Waals surface area (Å²) in [6, 6.07) is 4.64. The summed E-state index contributed by atoms with van der Waals surface area (Å²) in [5.41, 5.74) is 3.56. The van der Waals surface area contributed by atoms with E-state index in [4.69, 9.17) is 4.98 Å². The summed E-state index contributed by atoms with van der Waals surface area (Å²) < 4.78 is 0. The summed E-state index contributed by atoms with van der Waals surface area (Å²) in [5.74, 6) is 0. The number of aromatic nitrogens is 2. The van der Waals surface area contributed by atoms with Crippen LogP contribution in [0.2, 0.25) is 0 Å². The number of hydrogen-bond donors (Lipinski definition) is 1. The first-order valence-electron chi connectivity index (χ1n) is 7.81. The Balaban J connectivity index is 2.33. The van der Waals surface area contributed by atoms with Gasteiger partial charge in [0, 0.05) is 23.7 Å². The SMILES string of the molecule is CCCc1nc(-c2ncccc2CC)sc1CNC(C)C. The van der Waals surface area contributed by atoms with Crippen LogP contribution in [-0.4, -0.2) is 16.0 Å². The third kappa shape index (κ3) is 4.11. The summed E-state index contributed by atoms with van der Waals surface area (Å²) in [7, 11) is 0. The van der Waals surface area contributed by atoms with Gasteiger partial charge in [0.25, 0.3) is 0 Å². The molecule has 0 amide bonds. The second kappa shape index (κ2) is 7.66. The molecule has 2 aromatic heterocycles. The van der Waals surface area contributed by atoms with E-state index in [9.17, 15) is 0 Å². The fourth-order valence-electron chi connectivity index (χ4n) is 2.27. The lowest BCUT2D eigenvalue weighted by Gasteiger charge is -2.07. The molecule has 0 saturated heterocycles. The monoisotopic (exact) mass is 303 g/mol. The molecule has 2 heterocycles. The van der Waals surface area contributed by atoms with E-state index in [-0.39, 0.29) is 0 Å². The van der Waals surface area contributed by atoms with Crippen LogP contribution in [0.15, 0.2) is 18.3 Å². The predicted molar refractivity (Wildman–Crippen MR) is 90.7 cm³/mol. The Morgan fingerprint density at radius 2 is 2.10 bits per heavy atom. The highest BCUT2D eigenvalue weighted by molar-refractivity contribution is 7.15. The van der Waals surface area contributed by atoms with Crippen LogP contribution in [0.5, 0.6) is 0 Å². The molecule has 4 heteroatoms. The zero-order chi connectivity index (χ0) is 15.2. The summed E-state index contributed by atoms with van der Waals surface area (Å²) in [5, 5.41) is 4.57. The highest BCUT2D eigenvalue weighted by Gasteiger charge is 2.15. The Morgan fingerprint density at radius 1 is 1.29 bits per heavy atom. The molecule has 0 spiro atoms. The fraction of sp³-hybridized carbons (Fsp3) is 0.529. The maximum absolute atomic E-state index is 4.87. The predicted octanol–water partition coefficient (Wildman–Crippen LogP) is 4.22. The van der Waals surface area contributed by atoms with E-state index in [1.54, 1.807) is 11.3 Å². The van der Waals surface area contributed by atoms with Crippen molar-refractivity contribution in [2.75, 3.05) is 0 Å². The minimum absolute atomic E-state index is 0.492. The molecule has 114 valence electrons. The standard InChI is InChI=1S/C17H25N3S/c1-5-8-14-15(11-19-12(3)4)21-17(20-14)16-13(6-2)9-7-10-18-16/h7,9-10,12,19H,5-6,8,11H2,1-4H3. The molecule has 21 heavy (non-hydrogen) atoms. The molecule has 0 unspecified atom stereocenters. The number of pyridine rings is 1. The van der Waals surface area contributed by atoms with E-state index < -0.39 is 0 Å². The molecule has 2 aromatic rings. The van der Waals surface area contributed by atoms with Crippen molar-refractivity contribution in [1.29, 1.82) is 0 Å². The van der Waals surface area contributed by atoms with Gasteiger partial charge in [-0.05, 0) is 24.5 Å². The Kier molecular flexibility index (Phi) is 5.88. The smallest absolute Gasteiger partial charge is 0.142 e. The minimum atomic E-state index is 0.492. The van der Waals surface area contributed by atoms with E-state index in [1.807, 2.05) is 12.3 Å². The molecule has 3 nitrogen and oxygen atoms in total. The van der Waals surface area contributed by atoms with Crippen molar-refractivity contribution in [2.45, 2.75) is 59.5 Å². The van der Waals surface area contributed by atoms with Crippen LogP contribution in [0.3, 0.4) is 0 Å². The largest absolute Gasteiger partial charge is 0.310 e. The summed E-state index contributed by atoms with van der Waals surface area (Å²) in [4.78, 5) is 10.8. The molecule has 0 bridgehead atoms. The van der Waals surface area contributed by atoms with Gasteiger partial charge in [-0.1, -0.05) is 40.2 Å². The van der Waals surface area contributed by atoms with Crippen molar-refractivity contribution in [1.82, 2.24) is 15.3 Å². The molecule has 0 atom stereocenters. The zero-order valence-electron chi connectivity index (χ0n) is 13.4. The van der Waals surface area contributed by atoms with Crippen LogP contribution in [0.4, 0.5) is 0 Å². The van der Waals surface area contributed by atoms with Gasteiger partial charge < -0.3 is 5.32 Å². The molecular weight excluding hydrogens is 278 g/mol. The molecule has 0 radical (unpaired) electrons. The van der Waals surface area contributed by atoms with Gasteiger partial charge in [0.1, 0.15) is 10.7 Å². The van der Waals surface area contributed by atoms with Crippen LogP contribution in [0.1, 0.15) is 50.3 Å². The van der Waals surface area contributed by atoms with Gasteiger partial charge in [-0.2, -0.15) is 0 Å². The van der Waals surface area contributed by atoms with Gasteiger partial charge in [-0.25, -0.2) is 4.98 Å². The van der Waals surface area contributed by atoms with Crippen LogP contribution < -0.4 is 5.32 Å². The number of aryl methyl sites for hydroxylation is 2. The van der Waals surface area contributed by atoms with Crippen molar-refractivity contribution >= 4 is 11.3 Å². The fourth-order valence-corrected chi connectivity index (χ4v) is 3.36. The maximum atomic E-state index is 4.87. The molecule has 2 rings (SSSR count). The normalized spacial score (nSPS) is 11.3. The number of rotatable bonds is 7. The number of nitrogens with zero attached hydrogens (tertiary/aromatic N) is 2.